The van der Waals surface area contributed by atoms with Crippen LogP contribution in [0.5, 0.6) is 5.75 Å². The molecule has 0 aliphatic carbocycles. The predicted octanol–water partition coefficient (Wildman–Crippen LogP) is 4.16. The van der Waals surface area contributed by atoms with Gasteiger partial charge >= 0.3 is 5.97 Å². The van der Waals surface area contributed by atoms with Gasteiger partial charge in [0, 0.05) is 16.7 Å². The third-order valence-corrected chi connectivity index (χ3v) is 5.52. The van der Waals surface area contributed by atoms with Crippen LogP contribution in [0.25, 0.3) is 0 Å². The molecule has 1 heterocycles. The molecule has 0 unspecified atom stereocenters. The number of para-hydroxylation sites is 2. The second-order valence-corrected chi connectivity index (χ2v) is 7.72. The highest BCUT2D eigenvalue weighted by atomic mass is 32.2. The fourth-order valence-electron chi connectivity index (χ4n) is 2.95. The highest BCUT2D eigenvalue weighted by Gasteiger charge is 2.25. The Hall–Kier alpha value is -2.47. The fraction of sp³-hybridized carbons (Fsp3) is 0.333. The highest BCUT2D eigenvalue weighted by molar-refractivity contribution is 8.00. The van der Waals surface area contributed by atoms with Gasteiger partial charge in [0.15, 0.2) is 6.61 Å². The standard InChI is InChI=1S/C21H23NO4S/c1-3-25-18-10-6-4-8-16(18)21(24)26-14-20(23)22-13-12-15(2)27-19-11-7-5-9-17(19)22/h4-11,15H,3,12-14H2,1-2H3/t15-/m0/s1. The topological polar surface area (TPSA) is 55.8 Å². The number of anilines is 1. The second-order valence-electron chi connectivity index (χ2n) is 6.24. The van der Waals surface area contributed by atoms with Crippen molar-refractivity contribution in [2.75, 3.05) is 24.7 Å². The van der Waals surface area contributed by atoms with Gasteiger partial charge in [-0.2, -0.15) is 0 Å². The van der Waals surface area contributed by atoms with E-state index in [1.165, 1.54) is 0 Å². The van der Waals surface area contributed by atoms with Gasteiger partial charge in [0.2, 0.25) is 0 Å². The number of esters is 1. The average Bonchev–Trinajstić information content (AvgIpc) is 2.84. The Bertz CT molecular complexity index is 823. The molecule has 3 rings (SSSR count). The molecule has 0 saturated carbocycles. The normalized spacial score (nSPS) is 16.2. The lowest BCUT2D eigenvalue weighted by Gasteiger charge is -2.22. The molecule has 1 atom stereocenters. The summed E-state index contributed by atoms with van der Waals surface area (Å²) in [4.78, 5) is 28.0. The highest BCUT2D eigenvalue weighted by Crippen LogP contribution is 2.37. The maximum Gasteiger partial charge on any atom is 0.342 e. The molecule has 2 aromatic rings. The summed E-state index contributed by atoms with van der Waals surface area (Å²) in [5.74, 6) is -0.319. The summed E-state index contributed by atoms with van der Waals surface area (Å²) in [5, 5.41) is 0.421. The van der Waals surface area contributed by atoms with Crippen LogP contribution in [-0.2, 0) is 9.53 Å². The van der Waals surface area contributed by atoms with Gasteiger partial charge in [-0.1, -0.05) is 31.2 Å². The molecule has 0 saturated heterocycles. The van der Waals surface area contributed by atoms with Crippen molar-refractivity contribution in [1.29, 1.82) is 0 Å². The van der Waals surface area contributed by atoms with Crippen molar-refractivity contribution in [1.82, 2.24) is 0 Å². The van der Waals surface area contributed by atoms with E-state index in [0.29, 0.717) is 29.7 Å². The SMILES string of the molecule is CCOc1ccccc1C(=O)OCC(=O)N1CC[C@H](C)Sc2ccccc21. The van der Waals surface area contributed by atoms with E-state index >= 15 is 0 Å². The van der Waals surface area contributed by atoms with E-state index in [9.17, 15) is 9.59 Å². The molecule has 0 spiro atoms. The molecular formula is C21H23NO4S. The van der Waals surface area contributed by atoms with E-state index in [4.69, 9.17) is 9.47 Å². The van der Waals surface area contributed by atoms with Crippen LogP contribution < -0.4 is 9.64 Å². The van der Waals surface area contributed by atoms with E-state index in [0.717, 1.165) is 17.0 Å². The maximum atomic E-state index is 12.8. The largest absolute Gasteiger partial charge is 0.493 e. The number of rotatable bonds is 5. The van der Waals surface area contributed by atoms with E-state index < -0.39 is 5.97 Å². The number of hydrogen-bond donors (Lipinski definition) is 0. The fourth-order valence-corrected chi connectivity index (χ4v) is 4.06. The molecule has 0 fully saturated rings. The molecule has 142 valence electrons. The van der Waals surface area contributed by atoms with Crippen molar-refractivity contribution in [2.24, 2.45) is 0 Å². The quantitative estimate of drug-likeness (QED) is 0.724. The lowest BCUT2D eigenvalue weighted by Crippen LogP contribution is -2.35. The number of ether oxygens (including phenoxy) is 2. The Kier molecular flexibility index (Phi) is 6.40. The first-order valence-corrected chi connectivity index (χ1v) is 9.93. The summed E-state index contributed by atoms with van der Waals surface area (Å²) in [7, 11) is 0. The monoisotopic (exact) mass is 385 g/mol. The van der Waals surface area contributed by atoms with Gasteiger partial charge in [0.1, 0.15) is 11.3 Å². The molecule has 1 aliphatic heterocycles. The van der Waals surface area contributed by atoms with Crippen LogP contribution >= 0.6 is 11.8 Å². The first-order valence-electron chi connectivity index (χ1n) is 9.05. The zero-order chi connectivity index (χ0) is 19.2. The summed E-state index contributed by atoms with van der Waals surface area (Å²) in [6.45, 7) is 4.76. The van der Waals surface area contributed by atoms with Crippen molar-refractivity contribution >= 4 is 29.3 Å². The van der Waals surface area contributed by atoms with Crippen LogP contribution in [-0.4, -0.2) is 36.9 Å². The summed E-state index contributed by atoms with van der Waals surface area (Å²) >= 11 is 1.76. The number of hydrogen-bond acceptors (Lipinski definition) is 5. The molecule has 27 heavy (non-hydrogen) atoms. The zero-order valence-corrected chi connectivity index (χ0v) is 16.3. The van der Waals surface area contributed by atoms with Crippen LogP contribution in [0.2, 0.25) is 0 Å². The van der Waals surface area contributed by atoms with E-state index in [1.807, 2.05) is 31.2 Å². The minimum absolute atomic E-state index is 0.223. The molecule has 0 bridgehead atoms. The molecule has 6 heteroatoms. The Balaban J connectivity index is 1.70. The molecule has 1 amide bonds. The maximum absolute atomic E-state index is 12.8. The van der Waals surface area contributed by atoms with Gasteiger partial charge in [-0.25, -0.2) is 4.79 Å². The zero-order valence-electron chi connectivity index (χ0n) is 15.5. The van der Waals surface area contributed by atoms with Crippen molar-refractivity contribution < 1.29 is 19.1 Å². The Morgan fingerprint density at radius 1 is 1.15 bits per heavy atom. The van der Waals surface area contributed by atoms with Gasteiger partial charge in [0.05, 0.1) is 12.3 Å². The number of thioether (sulfide) groups is 1. The van der Waals surface area contributed by atoms with E-state index in [1.54, 1.807) is 40.9 Å². The molecule has 0 radical (unpaired) electrons. The summed E-state index contributed by atoms with van der Waals surface area (Å²) < 4.78 is 10.8. The molecule has 1 aliphatic rings. The van der Waals surface area contributed by atoms with Crippen LogP contribution in [0, 0.1) is 0 Å². The molecule has 2 aromatic carbocycles. The van der Waals surface area contributed by atoms with Crippen molar-refractivity contribution in [2.45, 2.75) is 30.4 Å². The molecular weight excluding hydrogens is 362 g/mol. The Morgan fingerprint density at radius 3 is 2.70 bits per heavy atom. The van der Waals surface area contributed by atoms with Crippen LogP contribution in [0.15, 0.2) is 53.4 Å². The van der Waals surface area contributed by atoms with Crippen LogP contribution in [0.3, 0.4) is 0 Å². The van der Waals surface area contributed by atoms with Gasteiger partial charge in [-0.3, -0.25) is 4.79 Å². The number of carbonyl (C=O) groups is 2. The second kappa shape index (κ2) is 8.95. The molecule has 0 N–H and O–H groups in total. The first kappa shape index (κ1) is 19.3. The number of nitrogens with zero attached hydrogens (tertiary/aromatic N) is 1. The Morgan fingerprint density at radius 2 is 1.89 bits per heavy atom. The smallest absolute Gasteiger partial charge is 0.342 e. The summed E-state index contributed by atoms with van der Waals surface area (Å²) in [6.07, 6.45) is 0.881. The molecule has 5 nitrogen and oxygen atoms in total. The van der Waals surface area contributed by atoms with Gasteiger partial charge in [-0.05, 0) is 37.6 Å². The third-order valence-electron chi connectivity index (χ3n) is 4.28. The number of amides is 1. The average molecular weight is 385 g/mol. The minimum atomic E-state index is -0.557. The predicted molar refractivity (Wildman–Crippen MR) is 107 cm³/mol. The summed E-state index contributed by atoms with van der Waals surface area (Å²) in [6, 6.07) is 14.7. The number of carbonyl (C=O) groups excluding carboxylic acids is 2. The van der Waals surface area contributed by atoms with E-state index in [-0.39, 0.29) is 12.5 Å². The Labute approximate surface area is 163 Å². The van der Waals surface area contributed by atoms with E-state index in [2.05, 4.69) is 6.92 Å². The summed E-state index contributed by atoms with van der Waals surface area (Å²) in [5.41, 5.74) is 1.20. The van der Waals surface area contributed by atoms with Gasteiger partial charge < -0.3 is 14.4 Å². The van der Waals surface area contributed by atoms with Gasteiger partial charge in [-0.15, -0.1) is 11.8 Å². The van der Waals surface area contributed by atoms with Gasteiger partial charge in [0.25, 0.3) is 5.91 Å². The third kappa shape index (κ3) is 4.63. The van der Waals surface area contributed by atoms with Crippen molar-refractivity contribution in [3.8, 4) is 5.75 Å². The lowest BCUT2D eigenvalue weighted by molar-refractivity contribution is -0.121. The lowest BCUT2D eigenvalue weighted by atomic mass is 10.2. The van der Waals surface area contributed by atoms with Crippen molar-refractivity contribution in [3.05, 3.63) is 54.1 Å². The van der Waals surface area contributed by atoms with Crippen LogP contribution in [0.1, 0.15) is 30.6 Å². The molecule has 0 aromatic heterocycles. The first-order chi connectivity index (χ1) is 13.1. The van der Waals surface area contributed by atoms with Crippen molar-refractivity contribution in [3.63, 3.8) is 0 Å². The number of fused-ring (bicyclic) bond motifs is 1. The number of benzene rings is 2. The minimum Gasteiger partial charge on any atom is -0.493 e. The van der Waals surface area contributed by atoms with Crippen LogP contribution in [0.4, 0.5) is 5.69 Å².